The van der Waals surface area contributed by atoms with Gasteiger partial charge >= 0.3 is 0 Å². The van der Waals surface area contributed by atoms with Gasteiger partial charge in [-0.3, -0.25) is 9.88 Å². The van der Waals surface area contributed by atoms with Gasteiger partial charge in [0, 0.05) is 13.1 Å². The Kier molecular flexibility index (Phi) is 4.01. The summed E-state index contributed by atoms with van der Waals surface area (Å²) in [6, 6.07) is 2.19. The van der Waals surface area contributed by atoms with Crippen LogP contribution in [0, 0.1) is 17.2 Å². The Labute approximate surface area is 89.6 Å². The minimum absolute atomic E-state index is 0.0248. The maximum Gasteiger partial charge on any atom is 0.141 e. The van der Waals surface area contributed by atoms with E-state index in [0.717, 1.165) is 12.2 Å². The fourth-order valence-corrected chi connectivity index (χ4v) is 1.30. The van der Waals surface area contributed by atoms with Crippen molar-refractivity contribution in [2.24, 2.45) is 5.92 Å². The highest BCUT2D eigenvalue weighted by Gasteiger charge is 2.06. The van der Waals surface area contributed by atoms with E-state index < -0.39 is 0 Å². The van der Waals surface area contributed by atoms with E-state index in [1.807, 2.05) is 18.9 Å². The van der Waals surface area contributed by atoms with Gasteiger partial charge in [0.05, 0.1) is 30.1 Å². The predicted octanol–water partition coefficient (Wildman–Crippen LogP) is 0.650. The van der Waals surface area contributed by atoms with Gasteiger partial charge in [0.2, 0.25) is 0 Å². The number of nitrogen functional groups attached to an aromatic ring is 1. The van der Waals surface area contributed by atoms with Crippen LogP contribution in [0.3, 0.4) is 0 Å². The number of rotatable bonds is 4. The van der Waals surface area contributed by atoms with Crippen molar-refractivity contribution in [1.82, 2.24) is 14.9 Å². The van der Waals surface area contributed by atoms with Crippen LogP contribution >= 0.6 is 0 Å². The molecule has 1 atom stereocenters. The number of nitriles is 1. The molecule has 0 aliphatic heterocycles. The Morgan fingerprint density at radius 1 is 1.53 bits per heavy atom. The third-order valence-electron chi connectivity index (χ3n) is 1.96. The molecule has 1 unspecified atom stereocenters. The molecule has 0 bridgehead atoms. The number of nitrogens with two attached hydrogens (primary N) is 1. The van der Waals surface area contributed by atoms with Gasteiger partial charge < -0.3 is 5.73 Å². The van der Waals surface area contributed by atoms with Crippen LogP contribution in [0.4, 0.5) is 5.82 Å². The molecule has 1 aromatic heterocycles. The number of nitrogens with zero attached hydrogens (tertiary/aromatic N) is 4. The van der Waals surface area contributed by atoms with Crippen LogP contribution in [0.25, 0.3) is 0 Å². The summed E-state index contributed by atoms with van der Waals surface area (Å²) in [5.74, 6) is 0.448. The standard InChI is InChI=1S/C10H15N5/c1-8(3-11)6-15(2)7-9-4-14-10(12)5-13-9/h4-5,8H,6-7H2,1-2H3,(H2,12,14). The van der Waals surface area contributed by atoms with Crippen molar-refractivity contribution in [3.63, 3.8) is 0 Å². The number of hydrogen-bond acceptors (Lipinski definition) is 5. The Balaban J connectivity index is 2.48. The van der Waals surface area contributed by atoms with E-state index in [1.54, 1.807) is 6.20 Å². The zero-order valence-corrected chi connectivity index (χ0v) is 9.01. The van der Waals surface area contributed by atoms with Crippen LogP contribution in [-0.2, 0) is 6.54 Å². The summed E-state index contributed by atoms with van der Waals surface area (Å²) < 4.78 is 0. The quantitative estimate of drug-likeness (QED) is 0.780. The molecule has 0 aromatic carbocycles. The first-order valence-corrected chi connectivity index (χ1v) is 4.76. The summed E-state index contributed by atoms with van der Waals surface area (Å²) in [6.07, 6.45) is 3.19. The largest absolute Gasteiger partial charge is 0.382 e. The molecule has 0 saturated carbocycles. The van der Waals surface area contributed by atoms with Gasteiger partial charge in [-0.15, -0.1) is 0 Å². The predicted molar refractivity (Wildman–Crippen MR) is 57.6 cm³/mol. The number of anilines is 1. The van der Waals surface area contributed by atoms with Gasteiger partial charge in [0.25, 0.3) is 0 Å². The van der Waals surface area contributed by atoms with E-state index >= 15 is 0 Å². The van der Waals surface area contributed by atoms with Crippen LogP contribution < -0.4 is 5.73 Å². The van der Waals surface area contributed by atoms with Crippen molar-refractivity contribution < 1.29 is 0 Å². The van der Waals surface area contributed by atoms with Gasteiger partial charge in [-0.25, -0.2) is 4.98 Å². The summed E-state index contributed by atoms with van der Waals surface area (Å²) in [4.78, 5) is 10.1. The Bertz CT molecular complexity index is 340. The highest BCUT2D eigenvalue weighted by molar-refractivity contribution is 5.22. The Hall–Kier alpha value is -1.67. The van der Waals surface area contributed by atoms with Crippen molar-refractivity contribution in [1.29, 1.82) is 5.26 Å². The molecule has 0 saturated heterocycles. The van der Waals surface area contributed by atoms with E-state index in [0.29, 0.717) is 12.4 Å². The van der Waals surface area contributed by atoms with Crippen molar-refractivity contribution >= 4 is 5.82 Å². The molecule has 80 valence electrons. The molecule has 15 heavy (non-hydrogen) atoms. The van der Waals surface area contributed by atoms with Gasteiger partial charge in [-0.05, 0) is 14.0 Å². The average molecular weight is 205 g/mol. The van der Waals surface area contributed by atoms with E-state index in [-0.39, 0.29) is 5.92 Å². The SMILES string of the molecule is CC(C#N)CN(C)Cc1cnc(N)cn1. The molecule has 1 heterocycles. The normalized spacial score (nSPS) is 12.4. The smallest absolute Gasteiger partial charge is 0.141 e. The first kappa shape index (κ1) is 11.4. The summed E-state index contributed by atoms with van der Waals surface area (Å²) in [5.41, 5.74) is 6.29. The van der Waals surface area contributed by atoms with E-state index in [9.17, 15) is 0 Å². The van der Waals surface area contributed by atoms with Gasteiger partial charge in [0.15, 0.2) is 0 Å². The molecule has 0 aliphatic carbocycles. The molecule has 0 fully saturated rings. The lowest BCUT2D eigenvalue weighted by Crippen LogP contribution is -2.23. The minimum atomic E-state index is 0.0248. The molecule has 0 amide bonds. The molecule has 0 radical (unpaired) electrons. The Morgan fingerprint density at radius 2 is 2.27 bits per heavy atom. The second-order valence-electron chi connectivity index (χ2n) is 3.66. The molecule has 1 aromatic rings. The number of hydrogen-bond donors (Lipinski definition) is 1. The molecule has 5 heteroatoms. The van der Waals surface area contributed by atoms with Crippen molar-refractivity contribution in [3.8, 4) is 6.07 Å². The van der Waals surface area contributed by atoms with Gasteiger partial charge in [-0.1, -0.05) is 0 Å². The maximum atomic E-state index is 8.66. The van der Waals surface area contributed by atoms with Gasteiger partial charge in [0.1, 0.15) is 5.82 Å². The lowest BCUT2D eigenvalue weighted by atomic mass is 10.2. The third kappa shape index (κ3) is 3.92. The maximum absolute atomic E-state index is 8.66. The second-order valence-corrected chi connectivity index (χ2v) is 3.66. The van der Waals surface area contributed by atoms with Crippen molar-refractivity contribution in [2.75, 3.05) is 19.3 Å². The third-order valence-corrected chi connectivity index (χ3v) is 1.96. The first-order valence-electron chi connectivity index (χ1n) is 4.76. The molecule has 0 spiro atoms. The summed E-state index contributed by atoms with van der Waals surface area (Å²) in [5, 5.41) is 8.66. The first-order chi connectivity index (χ1) is 7.11. The molecule has 0 aliphatic rings. The second kappa shape index (κ2) is 5.27. The lowest BCUT2D eigenvalue weighted by molar-refractivity contribution is 0.299. The molecule has 5 nitrogen and oxygen atoms in total. The highest BCUT2D eigenvalue weighted by Crippen LogP contribution is 2.02. The summed E-state index contributed by atoms with van der Waals surface area (Å²) in [6.45, 7) is 3.30. The highest BCUT2D eigenvalue weighted by atomic mass is 15.1. The van der Waals surface area contributed by atoms with E-state index in [2.05, 4.69) is 16.0 Å². The molecular weight excluding hydrogens is 190 g/mol. The topological polar surface area (TPSA) is 78.8 Å². The van der Waals surface area contributed by atoms with E-state index in [4.69, 9.17) is 11.0 Å². The Morgan fingerprint density at radius 3 is 2.80 bits per heavy atom. The molecule has 1 rings (SSSR count). The zero-order chi connectivity index (χ0) is 11.3. The van der Waals surface area contributed by atoms with Crippen LogP contribution in [0.15, 0.2) is 12.4 Å². The van der Waals surface area contributed by atoms with Crippen molar-refractivity contribution in [3.05, 3.63) is 18.1 Å². The molecular formula is C10H15N5. The lowest BCUT2D eigenvalue weighted by Gasteiger charge is -2.16. The molecule has 2 N–H and O–H groups in total. The van der Waals surface area contributed by atoms with Crippen LogP contribution in [-0.4, -0.2) is 28.5 Å². The number of aromatic nitrogens is 2. The summed E-state index contributed by atoms with van der Waals surface area (Å²) >= 11 is 0. The van der Waals surface area contributed by atoms with Gasteiger partial charge in [-0.2, -0.15) is 5.26 Å². The van der Waals surface area contributed by atoms with Crippen molar-refractivity contribution in [2.45, 2.75) is 13.5 Å². The summed E-state index contributed by atoms with van der Waals surface area (Å²) in [7, 11) is 1.95. The zero-order valence-electron chi connectivity index (χ0n) is 9.01. The van der Waals surface area contributed by atoms with Crippen LogP contribution in [0.1, 0.15) is 12.6 Å². The minimum Gasteiger partial charge on any atom is -0.382 e. The van der Waals surface area contributed by atoms with E-state index in [1.165, 1.54) is 6.20 Å². The monoisotopic (exact) mass is 205 g/mol. The fraction of sp³-hybridized carbons (Fsp3) is 0.500. The van der Waals surface area contributed by atoms with Crippen LogP contribution in [0.2, 0.25) is 0 Å². The van der Waals surface area contributed by atoms with Crippen LogP contribution in [0.5, 0.6) is 0 Å². The average Bonchev–Trinajstić information content (AvgIpc) is 2.21. The fourth-order valence-electron chi connectivity index (χ4n) is 1.30.